The molecule has 0 amide bonds. The number of hydrogen-bond donors (Lipinski definition) is 1. The first-order valence-corrected chi connectivity index (χ1v) is 8.90. The minimum absolute atomic E-state index is 0.139. The number of thiophene rings is 1. The Kier molecular flexibility index (Phi) is 5.40. The van der Waals surface area contributed by atoms with Crippen molar-refractivity contribution in [2.24, 2.45) is 10.2 Å². The van der Waals surface area contributed by atoms with Crippen LogP contribution in [0.15, 0.2) is 58.8 Å². The van der Waals surface area contributed by atoms with Gasteiger partial charge >= 0.3 is 5.97 Å². The first kappa shape index (κ1) is 17.1. The van der Waals surface area contributed by atoms with Crippen molar-refractivity contribution in [2.45, 2.75) is 19.8 Å². The van der Waals surface area contributed by atoms with Crippen LogP contribution in [0.5, 0.6) is 5.75 Å². The number of benzene rings is 2. The number of carbonyl (C=O) groups excluding carboxylic acids is 1. The van der Waals surface area contributed by atoms with Crippen LogP contribution in [-0.2, 0) is 4.74 Å². The van der Waals surface area contributed by atoms with Crippen molar-refractivity contribution in [3.05, 3.63) is 54.1 Å². The van der Waals surface area contributed by atoms with E-state index in [1.54, 1.807) is 24.3 Å². The van der Waals surface area contributed by atoms with E-state index < -0.39 is 0 Å². The maximum atomic E-state index is 11.8. The predicted octanol–water partition coefficient (Wildman–Crippen LogP) is 5.98. The number of nitrogens with zero attached hydrogens (tertiary/aromatic N) is 2. The van der Waals surface area contributed by atoms with Crippen LogP contribution >= 0.6 is 11.3 Å². The molecule has 0 bridgehead atoms. The zero-order chi connectivity index (χ0) is 17.6. The molecule has 0 aliphatic heterocycles. The molecule has 5 nitrogen and oxygen atoms in total. The normalized spacial score (nSPS) is 11.2. The van der Waals surface area contributed by atoms with Crippen LogP contribution in [0.3, 0.4) is 0 Å². The molecule has 2 aromatic carbocycles. The number of ether oxygens (including phenoxy) is 1. The Morgan fingerprint density at radius 2 is 1.88 bits per heavy atom. The van der Waals surface area contributed by atoms with E-state index in [0.29, 0.717) is 22.9 Å². The Balaban J connectivity index is 1.71. The van der Waals surface area contributed by atoms with E-state index in [2.05, 4.69) is 10.2 Å². The van der Waals surface area contributed by atoms with E-state index in [4.69, 9.17) is 4.74 Å². The summed E-state index contributed by atoms with van der Waals surface area (Å²) in [7, 11) is 0. The highest BCUT2D eigenvalue weighted by Gasteiger charge is 2.10. The van der Waals surface area contributed by atoms with E-state index in [1.165, 1.54) is 11.3 Å². The Bertz CT molecular complexity index is 901. The summed E-state index contributed by atoms with van der Waals surface area (Å²) in [6.07, 6.45) is 1.84. The molecule has 6 heteroatoms. The largest absolute Gasteiger partial charge is 0.504 e. The van der Waals surface area contributed by atoms with E-state index in [1.807, 2.05) is 31.2 Å². The molecule has 0 saturated carbocycles. The summed E-state index contributed by atoms with van der Waals surface area (Å²) in [6.45, 7) is 2.48. The number of unbranched alkanes of at least 4 members (excludes halogenated alkanes) is 1. The summed E-state index contributed by atoms with van der Waals surface area (Å²) in [5.41, 5.74) is 1.08. The second-order valence-electron chi connectivity index (χ2n) is 5.49. The third-order valence-corrected chi connectivity index (χ3v) is 4.69. The van der Waals surface area contributed by atoms with Crippen molar-refractivity contribution in [1.82, 2.24) is 0 Å². The van der Waals surface area contributed by atoms with E-state index >= 15 is 0 Å². The standard InChI is InChI=1S/C19H18N2O3S/c1-2-3-12-24-19(23)13-8-10-14(11-9-13)20-21-18-17(22)15-6-4-5-7-16(15)25-18/h4-11,22H,2-3,12H2,1H3. The van der Waals surface area contributed by atoms with Crippen LogP contribution in [-0.4, -0.2) is 17.7 Å². The Labute approximate surface area is 149 Å². The molecule has 1 aromatic heterocycles. The molecule has 0 saturated heterocycles. The minimum atomic E-state index is -0.334. The highest BCUT2D eigenvalue weighted by atomic mass is 32.1. The van der Waals surface area contributed by atoms with E-state index in [-0.39, 0.29) is 11.7 Å². The molecule has 128 valence electrons. The molecule has 3 rings (SSSR count). The lowest BCUT2D eigenvalue weighted by molar-refractivity contribution is 0.0500. The highest BCUT2D eigenvalue weighted by Crippen LogP contribution is 2.43. The molecular weight excluding hydrogens is 336 g/mol. The number of aromatic hydroxyl groups is 1. The number of esters is 1. The van der Waals surface area contributed by atoms with Gasteiger partial charge in [0.1, 0.15) is 0 Å². The fourth-order valence-electron chi connectivity index (χ4n) is 2.25. The van der Waals surface area contributed by atoms with Gasteiger partial charge in [-0.05, 0) is 42.8 Å². The Morgan fingerprint density at radius 3 is 2.60 bits per heavy atom. The third kappa shape index (κ3) is 4.03. The van der Waals surface area contributed by atoms with Crippen molar-refractivity contribution >= 4 is 38.1 Å². The van der Waals surface area contributed by atoms with Crippen LogP contribution in [0.4, 0.5) is 10.7 Å². The zero-order valence-electron chi connectivity index (χ0n) is 13.8. The molecule has 1 N–H and O–H groups in total. The average Bonchev–Trinajstić information content (AvgIpc) is 2.97. The second kappa shape index (κ2) is 7.90. The molecule has 0 spiro atoms. The number of rotatable bonds is 6. The summed E-state index contributed by atoms with van der Waals surface area (Å²) in [4.78, 5) is 11.8. The van der Waals surface area contributed by atoms with Gasteiger partial charge in [0.05, 0.1) is 17.9 Å². The van der Waals surface area contributed by atoms with Crippen molar-refractivity contribution in [3.63, 3.8) is 0 Å². The molecule has 25 heavy (non-hydrogen) atoms. The van der Waals surface area contributed by atoms with Gasteiger partial charge in [-0.1, -0.05) is 25.5 Å². The highest BCUT2D eigenvalue weighted by molar-refractivity contribution is 7.23. The van der Waals surface area contributed by atoms with Gasteiger partial charge in [0, 0.05) is 10.1 Å². The quantitative estimate of drug-likeness (QED) is 0.336. The maximum Gasteiger partial charge on any atom is 0.338 e. The van der Waals surface area contributed by atoms with Crippen LogP contribution < -0.4 is 0 Å². The van der Waals surface area contributed by atoms with Crippen molar-refractivity contribution in [3.8, 4) is 5.75 Å². The lowest BCUT2D eigenvalue weighted by Crippen LogP contribution is -2.05. The van der Waals surface area contributed by atoms with Crippen LogP contribution in [0.1, 0.15) is 30.1 Å². The summed E-state index contributed by atoms with van der Waals surface area (Å²) in [5, 5.41) is 19.7. The Morgan fingerprint density at radius 1 is 1.12 bits per heavy atom. The molecule has 3 aromatic rings. The van der Waals surface area contributed by atoms with Gasteiger partial charge in [-0.15, -0.1) is 21.6 Å². The summed E-state index contributed by atoms with van der Waals surface area (Å²) < 4.78 is 6.12. The van der Waals surface area contributed by atoms with Crippen molar-refractivity contribution < 1.29 is 14.6 Å². The second-order valence-corrected chi connectivity index (χ2v) is 6.52. The number of carbonyl (C=O) groups is 1. The van der Waals surface area contributed by atoms with Gasteiger partial charge in [0.25, 0.3) is 0 Å². The van der Waals surface area contributed by atoms with Gasteiger partial charge in [0.2, 0.25) is 0 Å². The topological polar surface area (TPSA) is 71.2 Å². The number of fused-ring (bicyclic) bond motifs is 1. The molecule has 0 fully saturated rings. The molecule has 0 aliphatic rings. The fourth-order valence-corrected chi connectivity index (χ4v) is 3.16. The fraction of sp³-hybridized carbons (Fsp3) is 0.211. The lowest BCUT2D eigenvalue weighted by Gasteiger charge is -2.03. The van der Waals surface area contributed by atoms with E-state index in [0.717, 1.165) is 22.9 Å². The van der Waals surface area contributed by atoms with Crippen LogP contribution in [0.25, 0.3) is 10.1 Å². The van der Waals surface area contributed by atoms with Crippen molar-refractivity contribution in [2.75, 3.05) is 6.61 Å². The third-order valence-electron chi connectivity index (χ3n) is 3.64. The number of azo groups is 1. The molecule has 0 radical (unpaired) electrons. The molecule has 0 atom stereocenters. The predicted molar refractivity (Wildman–Crippen MR) is 99.3 cm³/mol. The average molecular weight is 354 g/mol. The summed E-state index contributed by atoms with van der Waals surface area (Å²) in [6, 6.07) is 14.3. The van der Waals surface area contributed by atoms with Crippen LogP contribution in [0, 0.1) is 0 Å². The van der Waals surface area contributed by atoms with Gasteiger partial charge in [-0.25, -0.2) is 4.79 Å². The van der Waals surface area contributed by atoms with Gasteiger partial charge in [-0.2, -0.15) is 0 Å². The molecular formula is C19H18N2O3S. The smallest absolute Gasteiger partial charge is 0.338 e. The van der Waals surface area contributed by atoms with Gasteiger partial charge < -0.3 is 9.84 Å². The zero-order valence-corrected chi connectivity index (χ0v) is 14.6. The first-order chi connectivity index (χ1) is 12.2. The molecule has 0 aliphatic carbocycles. The SMILES string of the molecule is CCCCOC(=O)c1ccc(N=Nc2sc3ccccc3c2O)cc1. The van der Waals surface area contributed by atoms with Gasteiger partial charge in [0.15, 0.2) is 10.8 Å². The molecule has 1 heterocycles. The maximum absolute atomic E-state index is 11.8. The lowest BCUT2D eigenvalue weighted by atomic mass is 10.2. The van der Waals surface area contributed by atoms with Crippen LogP contribution in [0.2, 0.25) is 0 Å². The van der Waals surface area contributed by atoms with E-state index in [9.17, 15) is 9.90 Å². The minimum Gasteiger partial charge on any atom is -0.504 e. The first-order valence-electron chi connectivity index (χ1n) is 8.08. The van der Waals surface area contributed by atoms with Gasteiger partial charge in [-0.3, -0.25) is 0 Å². The summed E-state index contributed by atoms with van der Waals surface area (Å²) >= 11 is 1.38. The summed E-state index contributed by atoms with van der Waals surface area (Å²) in [5.74, 6) is -0.195. The van der Waals surface area contributed by atoms with Crippen molar-refractivity contribution in [1.29, 1.82) is 0 Å². The Hall–Kier alpha value is -2.73. The number of hydrogen-bond acceptors (Lipinski definition) is 6. The molecule has 0 unspecified atom stereocenters. The monoisotopic (exact) mass is 354 g/mol.